The molecule has 19 heteroatoms. The molecule has 0 spiro atoms. The Labute approximate surface area is 632 Å². The Hall–Kier alpha value is -1.94. The van der Waals surface area contributed by atoms with Crippen molar-refractivity contribution in [3.8, 4) is 0 Å². The first-order valence-corrected chi connectivity index (χ1v) is 46.5. The molecule has 0 amide bonds. The van der Waals surface area contributed by atoms with Crippen molar-refractivity contribution in [1.82, 2.24) is 0 Å². The summed E-state index contributed by atoms with van der Waals surface area (Å²) in [6.07, 6.45) is 67.3. The fourth-order valence-corrected chi connectivity index (χ4v) is 14.6. The second kappa shape index (κ2) is 75.5. The van der Waals surface area contributed by atoms with Crippen LogP contribution in [0.1, 0.15) is 446 Å². The third-order valence-electron chi connectivity index (χ3n) is 20.1. The summed E-state index contributed by atoms with van der Waals surface area (Å²) in [6.45, 7) is 9.50. The molecule has 0 saturated heterocycles. The van der Waals surface area contributed by atoms with E-state index >= 15 is 0 Å². The molecule has 6 atom stereocenters. The highest BCUT2D eigenvalue weighted by Crippen LogP contribution is 2.45. The fraction of sp³-hybridized carbons (Fsp3) is 0.952. The summed E-state index contributed by atoms with van der Waals surface area (Å²) in [6, 6.07) is 0. The molecule has 0 aliphatic carbocycles. The number of phosphoric acid groups is 2. The number of phosphoric ester groups is 2. The van der Waals surface area contributed by atoms with Crippen molar-refractivity contribution in [1.29, 1.82) is 0 Å². The van der Waals surface area contributed by atoms with Crippen molar-refractivity contribution in [3.63, 3.8) is 0 Å². The zero-order chi connectivity index (χ0) is 75.6. The van der Waals surface area contributed by atoms with Crippen LogP contribution in [0.5, 0.6) is 0 Å². The van der Waals surface area contributed by atoms with Gasteiger partial charge in [0.05, 0.1) is 26.4 Å². The number of hydrogen-bond donors (Lipinski definition) is 3. The van der Waals surface area contributed by atoms with Gasteiger partial charge in [-0.3, -0.25) is 37.3 Å². The lowest BCUT2D eigenvalue weighted by atomic mass is 10.00. The van der Waals surface area contributed by atoms with E-state index in [0.717, 1.165) is 102 Å². The first kappa shape index (κ1) is 101. The van der Waals surface area contributed by atoms with Gasteiger partial charge >= 0.3 is 39.5 Å². The third kappa shape index (κ3) is 76.6. The Morgan fingerprint density at radius 2 is 0.495 bits per heavy atom. The van der Waals surface area contributed by atoms with Gasteiger partial charge in [0.1, 0.15) is 19.3 Å². The van der Waals surface area contributed by atoms with Crippen molar-refractivity contribution in [2.75, 3.05) is 39.6 Å². The molecule has 0 aromatic heterocycles. The molecule has 0 aliphatic rings. The molecule has 0 fully saturated rings. The van der Waals surface area contributed by atoms with E-state index in [1.807, 2.05) is 0 Å². The summed E-state index contributed by atoms with van der Waals surface area (Å²) < 4.78 is 68.7. The van der Waals surface area contributed by atoms with Gasteiger partial charge in [-0.15, -0.1) is 0 Å². The highest BCUT2D eigenvalue weighted by Gasteiger charge is 2.30. The standard InChI is InChI=1S/C84H164O17P2/c1-7-10-12-14-16-18-20-22-24-26-28-30-32-34-36-38-40-42-44-46-54-60-66-81(86)94-72-79(100-83(88)68-62-56-47-45-43-41-39-37-35-33-31-29-27-25-23-21-19-17-15-13-11-8-2)74-98-102(90,91)96-70-78(85)71-97-103(92,93)99-75-80(73-95-82(87)67-61-55-50-48-52-58-64-76(4)5)101-84(89)69-63-57-51-49-53-59-65-77(6)9-3/h76-80,85H,7-75H2,1-6H3,(H,90,91)(H,92,93)/t77?,78-,79-,80-/m1/s1. The number of aliphatic hydroxyl groups excluding tert-OH is 1. The molecule has 0 aliphatic heterocycles. The molecule has 0 bridgehead atoms. The molecular weight excluding hydrogens is 1340 g/mol. The number of ether oxygens (including phenoxy) is 4. The summed E-state index contributed by atoms with van der Waals surface area (Å²) in [5, 5.41) is 10.6. The van der Waals surface area contributed by atoms with Crippen LogP contribution in [0.3, 0.4) is 0 Å². The number of unbranched alkanes of at least 4 members (excludes halogenated alkanes) is 52. The van der Waals surface area contributed by atoms with Gasteiger partial charge in [-0.1, -0.05) is 395 Å². The van der Waals surface area contributed by atoms with E-state index in [1.165, 1.54) is 257 Å². The number of hydrogen-bond acceptors (Lipinski definition) is 15. The van der Waals surface area contributed by atoms with E-state index in [1.54, 1.807) is 0 Å². The number of esters is 4. The quantitative estimate of drug-likeness (QED) is 0.0222. The Morgan fingerprint density at radius 3 is 0.738 bits per heavy atom. The van der Waals surface area contributed by atoms with Crippen molar-refractivity contribution < 1.29 is 80.2 Å². The highest BCUT2D eigenvalue weighted by atomic mass is 31.2. The Morgan fingerprint density at radius 1 is 0.282 bits per heavy atom. The summed E-state index contributed by atoms with van der Waals surface area (Å²) in [5.74, 6) is -0.716. The molecule has 17 nitrogen and oxygen atoms in total. The predicted molar refractivity (Wildman–Crippen MR) is 423 cm³/mol. The zero-order valence-electron chi connectivity index (χ0n) is 67.6. The molecule has 0 radical (unpaired) electrons. The molecule has 0 aromatic carbocycles. The maximum absolute atomic E-state index is 13.1. The summed E-state index contributed by atoms with van der Waals surface area (Å²) >= 11 is 0. The number of carbonyl (C=O) groups excluding carboxylic acids is 4. The van der Waals surface area contributed by atoms with Crippen LogP contribution in [0.25, 0.3) is 0 Å². The average Bonchev–Trinajstić information content (AvgIpc) is 0.921. The summed E-state index contributed by atoms with van der Waals surface area (Å²) in [4.78, 5) is 73.0. The lowest BCUT2D eigenvalue weighted by Crippen LogP contribution is -2.30. The van der Waals surface area contributed by atoms with E-state index in [4.69, 9.17) is 37.0 Å². The van der Waals surface area contributed by atoms with E-state index in [9.17, 15) is 43.2 Å². The third-order valence-corrected chi connectivity index (χ3v) is 22.0. The van der Waals surface area contributed by atoms with E-state index < -0.39 is 97.5 Å². The maximum Gasteiger partial charge on any atom is 0.472 e. The Kier molecular flexibility index (Phi) is 74.1. The van der Waals surface area contributed by atoms with Crippen LogP contribution in [-0.2, 0) is 65.4 Å². The van der Waals surface area contributed by atoms with Crippen LogP contribution in [0.2, 0.25) is 0 Å². The number of carbonyl (C=O) groups is 4. The van der Waals surface area contributed by atoms with Gasteiger partial charge in [-0.05, 0) is 37.5 Å². The smallest absolute Gasteiger partial charge is 0.462 e. The largest absolute Gasteiger partial charge is 0.472 e. The lowest BCUT2D eigenvalue weighted by Gasteiger charge is -2.21. The molecule has 0 aromatic rings. The average molecular weight is 1510 g/mol. The molecule has 612 valence electrons. The van der Waals surface area contributed by atoms with Gasteiger partial charge in [0.15, 0.2) is 12.2 Å². The fourth-order valence-electron chi connectivity index (χ4n) is 13.0. The minimum atomic E-state index is -4.96. The van der Waals surface area contributed by atoms with E-state index in [2.05, 4.69) is 41.5 Å². The van der Waals surface area contributed by atoms with E-state index in [-0.39, 0.29) is 25.7 Å². The van der Waals surface area contributed by atoms with Gasteiger partial charge in [-0.2, -0.15) is 0 Å². The SMILES string of the molecule is CCCCCCCCCCCCCCCCCCCCCCCCC(=O)OC[C@H](COP(=O)(O)OC[C@@H](O)COP(=O)(O)OC[C@@H](COC(=O)CCCCCCCCC(C)C)OC(=O)CCCCCCCCC(C)CC)OC(=O)CCCCCCCCCCCCCCCCCCCCCCCC. The van der Waals surface area contributed by atoms with Gasteiger partial charge in [-0.25, -0.2) is 9.13 Å². The molecule has 0 heterocycles. The van der Waals surface area contributed by atoms with Gasteiger partial charge in [0.25, 0.3) is 0 Å². The highest BCUT2D eigenvalue weighted by molar-refractivity contribution is 7.47. The Balaban J connectivity index is 5.15. The van der Waals surface area contributed by atoms with Gasteiger partial charge < -0.3 is 33.8 Å². The van der Waals surface area contributed by atoms with Crippen molar-refractivity contribution in [2.45, 2.75) is 464 Å². The van der Waals surface area contributed by atoms with Gasteiger partial charge in [0.2, 0.25) is 0 Å². The summed E-state index contributed by atoms with van der Waals surface area (Å²) in [5.41, 5.74) is 0. The second-order valence-electron chi connectivity index (χ2n) is 30.9. The molecule has 3 N–H and O–H groups in total. The molecule has 103 heavy (non-hydrogen) atoms. The zero-order valence-corrected chi connectivity index (χ0v) is 69.4. The molecule has 0 rings (SSSR count). The molecule has 0 saturated carbocycles. The normalized spacial score (nSPS) is 14.1. The number of aliphatic hydroxyl groups is 1. The van der Waals surface area contributed by atoms with Crippen LogP contribution < -0.4 is 0 Å². The Bertz CT molecular complexity index is 1980. The van der Waals surface area contributed by atoms with Crippen molar-refractivity contribution in [3.05, 3.63) is 0 Å². The van der Waals surface area contributed by atoms with Gasteiger partial charge in [0, 0.05) is 25.7 Å². The minimum Gasteiger partial charge on any atom is -0.462 e. The topological polar surface area (TPSA) is 237 Å². The van der Waals surface area contributed by atoms with Crippen molar-refractivity contribution in [2.24, 2.45) is 11.8 Å². The van der Waals surface area contributed by atoms with Crippen LogP contribution in [0.15, 0.2) is 0 Å². The predicted octanol–water partition coefficient (Wildman–Crippen LogP) is 25.5. The first-order chi connectivity index (χ1) is 49.9. The summed E-state index contributed by atoms with van der Waals surface area (Å²) in [7, 11) is -9.92. The van der Waals surface area contributed by atoms with Crippen LogP contribution >= 0.6 is 15.6 Å². The molecular formula is C84H164O17P2. The van der Waals surface area contributed by atoms with Crippen molar-refractivity contribution >= 4 is 39.5 Å². The maximum atomic E-state index is 13.1. The van der Waals surface area contributed by atoms with Crippen LogP contribution in [0, 0.1) is 11.8 Å². The number of rotatable bonds is 83. The van der Waals surface area contributed by atoms with Crippen LogP contribution in [-0.4, -0.2) is 96.7 Å². The second-order valence-corrected chi connectivity index (χ2v) is 33.8. The monoisotopic (exact) mass is 1510 g/mol. The molecule has 3 unspecified atom stereocenters. The minimum absolute atomic E-state index is 0.102. The lowest BCUT2D eigenvalue weighted by molar-refractivity contribution is -0.161. The van der Waals surface area contributed by atoms with E-state index in [0.29, 0.717) is 31.6 Å². The first-order valence-electron chi connectivity index (χ1n) is 43.5. The van der Waals surface area contributed by atoms with Crippen LogP contribution in [0.4, 0.5) is 0 Å².